The van der Waals surface area contributed by atoms with Crippen molar-refractivity contribution in [3.63, 3.8) is 0 Å². The van der Waals surface area contributed by atoms with Gasteiger partial charge < -0.3 is 24.2 Å². The quantitative estimate of drug-likeness (QED) is 0.696. The number of aliphatic hydroxyl groups excluding tert-OH is 1. The molecule has 29 heavy (non-hydrogen) atoms. The van der Waals surface area contributed by atoms with Gasteiger partial charge in [-0.1, -0.05) is 0 Å². The van der Waals surface area contributed by atoms with Gasteiger partial charge in [0.25, 0.3) is 0 Å². The number of aliphatic hydroxyl groups is 1. The second-order valence-corrected chi connectivity index (χ2v) is 9.48. The summed E-state index contributed by atoms with van der Waals surface area (Å²) in [4.78, 5) is 14.4. The van der Waals surface area contributed by atoms with E-state index in [0.29, 0.717) is 44.2 Å². The molecule has 0 spiro atoms. The zero-order chi connectivity index (χ0) is 20.6. The summed E-state index contributed by atoms with van der Waals surface area (Å²) < 4.78 is 42.9. The molecule has 4 atom stereocenters. The molecule has 0 aromatic heterocycles. The van der Waals surface area contributed by atoms with Gasteiger partial charge in [0.1, 0.15) is 18.0 Å². The Hall–Kier alpha value is -1.88. The maximum absolute atomic E-state index is 12.6. The summed E-state index contributed by atoms with van der Waals surface area (Å²) in [6, 6.07) is 5.14. The van der Waals surface area contributed by atoms with Crippen LogP contribution in [0.3, 0.4) is 0 Å². The van der Waals surface area contributed by atoms with E-state index in [0.717, 1.165) is 11.8 Å². The minimum atomic E-state index is -3.39. The first-order valence-corrected chi connectivity index (χ1v) is 11.6. The van der Waals surface area contributed by atoms with Crippen LogP contribution in [0, 0.1) is 0 Å². The molecule has 2 fully saturated rings. The van der Waals surface area contributed by atoms with Crippen LogP contribution in [-0.2, 0) is 24.3 Å². The minimum absolute atomic E-state index is 0.0140. The highest BCUT2D eigenvalue weighted by molar-refractivity contribution is 7.92. The van der Waals surface area contributed by atoms with E-state index in [4.69, 9.17) is 14.2 Å². The molecule has 160 valence electrons. The fraction of sp³-hybridized carbons (Fsp3) is 0.632. The molecular formula is C19H26N2O7S. The van der Waals surface area contributed by atoms with Gasteiger partial charge in [0.2, 0.25) is 15.9 Å². The average Bonchev–Trinajstić information content (AvgIpc) is 3.05. The number of rotatable bonds is 5. The number of hydrogen-bond donors (Lipinski definition) is 2. The lowest BCUT2D eigenvalue weighted by molar-refractivity contribution is -0.151. The molecule has 3 aliphatic heterocycles. The Morgan fingerprint density at radius 2 is 2.07 bits per heavy atom. The van der Waals surface area contributed by atoms with Crippen molar-refractivity contribution in [2.24, 2.45) is 0 Å². The Kier molecular flexibility index (Phi) is 5.69. The molecule has 1 amide bonds. The molecule has 3 heterocycles. The molecule has 2 N–H and O–H groups in total. The van der Waals surface area contributed by atoms with Crippen molar-refractivity contribution in [2.75, 3.05) is 43.9 Å². The summed E-state index contributed by atoms with van der Waals surface area (Å²) in [7, 11) is -3.39. The SMILES string of the molecule is CS(=O)(=O)Nc1ccc2c(c1)[C@@H]1C[C@H](CC(=O)N3CCOCC3)O[C@@H](CO)[C@@H]1O2. The van der Waals surface area contributed by atoms with Crippen LogP contribution in [0.15, 0.2) is 18.2 Å². The summed E-state index contributed by atoms with van der Waals surface area (Å²) >= 11 is 0. The number of sulfonamides is 1. The Morgan fingerprint density at radius 1 is 1.31 bits per heavy atom. The number of morpholine rings is 1. The highest BCUT2D eigenvalue weighted by Gasteiger charge is 2.46. The first kappa shape index (κ1) is 20.4. The number of nitrogens with one attached hydrogen (secondary N) is 1. The molecular weight excluding hydrogens is 400 g/mol. The molecule has 0 aliphatic carbocycles. The number of nitrogens with zero attached hydrogens (tertiary/aromatic N) is 1. The smallest absolute Gasteiger partial charge is 0.229 e. The van der Waals surface area contributed by atoms with E-state index < -0.39 is 16.1 Å². The van der Waals surface area contributed by atoms with Crippen molar-refractivity contribution in [1.29, 1.82) is 0 Å². The molecule has 9 nitrogen and oxygen atoms in total. The predicted molar refractivity (Wildman–Crippen MR) is 104 cm³/mol. The van der Waals surface area contributed by atoms with Crippen LogP contribution in [0.1, 0.15) is 24.3 Å². The van der Waals surface area contributed by atoms with Crippen molar-refractivity contribution in [3.8, 4) is 5.75 Å². The highest BCUT2D eigenvalue weighted by Crippen LogP contribution is 2.47. The lowest BCUT2D eigenvalue weighted by Gasteiger charge is -2.38. The van der Waals surface area contributed by atoms with Gasteiger partial charge in [-0.15, -0.1) is 0 Å². The minimum Gasteiger partial charge on any atom is -0.487 e. The number of carbonyl (C=O) groups excluding carboxylic acids is 1. The van der Waals surface area contributed by atoms with E-state index in [2.05, 4.69) is 4.72 Å². The van der Waals surface area contributed by atoms with Crippen LogP contribution in [-0.4, -0.2) is 81.8 Å². The number of anilines is 1. The monoisotopic (exact) mass is 426 g/mol. The average molecular weight is 426 g/mol. The third-order valence-corrected chi connectivity index (χ3v) is 6.18. The standard InChI is InChI=1S/C19H26N2O7S/c1-29(24,25)20-12-2-3-16-14(8-12)15-9-13(27-17(11-22)19(15)28-16)10-18(23)21-4-6-26-7-5-21/h2-3,8,13,15,17,19-20,22H,4-7,9-11H2,1H3/t13-,15+,17+,19-/m1/s1. The van der Waals surface area contributed by atoms with Crippen LogP contribution in [0.25, 0.3) is 0 Å². The summed E-state index contributed by atoms with van der Waals surface area (Å²) in [5.74, 6) is 0.584. The van der Waals surface area contributed by atoms with Crippen molar-refractivity contribution in [2.45, 2.75) is 37.1 Å². The zero-order valence-electron chi connectivity index (χ0n) is 16.2. The van der Waals surface area contributed by atoms with Gasteiger partial charge >= 0.3 is 0 Å². The third kappa shape index (κ3) is 4.50. The molecule has 1 aromatic carbocycles. The van der Waals surface area contributed by atoms with Crippen molar-refractivity contribution >= 4 is 21.6 Å². The summed E-state index contributed by atoms with van der Waals surface area (Å²) in [6.07, 6.45) is 0.643. The first-order chi connectivity index (χ1) is 13.8. The summed E-state index contributed by atoms with van der Waals surface area (Å²) in [5, 5.41) is 9.82. The maximum Gasteiger partial charge on any atom is 0.229 e. The lowest BCUT2D eigenvalue weighted by atomic mass is 9.84. The third-order valence-electron chi connectivity index (χ3n) is 5.57. The topological polar surface area (TPSA) is 114 Å². The Bertz CT molecular complexity index is 869. The Labute approximate surface area is 170 Å². The number of ether oxygens (including phenoxy) is 3. The van der Waals surface area contributed by atoms with Gasteiger partial charge in [-0.2, -0.15) is 0 Å². The second-order valence-electron chi connectivity index (χ2n) is 7.73. The van der Waals surface area contributed by atoms with Crippen LogP contribution < -0.4 is 9.46 Å². The molecule has 1 aromatic rings. The first-order valence-electron chi connectivity index (χ1n) is 9.74. The van der Waals surface area contributed by atoms with E-state index in [1.165, 1.54) is 0 Å². The molecule has 3 aliphatic rings. The van der Waals surface area contributed by atoms with Crippen molar-refractivity contribution in [1.82, 2.24) is 4.90 Å². The van der Waals surface area contributed by atoms with Crippen LogP contribution in [0.5, 0.6) is 5.75 Å². The van der Waals surface area contributed by atoms with Crippen LogP contribution in [0.4, 0.5) is 5.69 Å². The molecule has 4 rings (SSSR count). The normalized spacial score (nSPS) is 29.0. The van der Waals surface area contributed by atoms with Crippen molar-refractivity contribution in [3.05, 3.63) is 23.8 Å². The predicted octanol–water partition coefficient (Wildman–Crippen LogP) is 0.301. The fourth-order valence-corrected chi connectivity index (χ4v) is 4.86. The van der Waals surface area contributed by atoms with E-state index in [1.54, 1.807) is 23.1 Å². The molecule has 0 unspecified atom stereocenters. The van der Waals surface area contributed by atoms with E-state index in [1.807, 2.05) is 0 Å². The number of amides is 1. The van der Waals surface area contributed by atoms with Gasteiger partial charge in [0.05, 0.1) is 38.6 Å². The lowest BCUT2D eigenvalue weighted by Crippen LogP contribution is -2.48. The Morgan fingerprint density at radius 3 is 2.76 bits per heavy atom. The van der Waals surface area contributed by atoms with E-state index in [-0.39, 0.29) is 37.1 Å². The molecule has 0 saturated carbocycles. The van der Waals surface area contributed by atoms with Gasteiger partial charge in [-0.25, -0.2) is 8.42 Å². The number of hydrogen-bond acceptors (Lipinski definition) is 7. The van der Waals surface area contributed by atoms with Crippen LogP contribution in [0.2, 0.25) is 0 Å². The highest BCUT2D eigenvalue weighted by atomic mass is 32.2. The van der Waals surface area contributed by atoms with E-state index >= 15 is 0 Å². The maximum atomic E-state index is 12.6. The molecule has 2 saturated heterocycles. The molecule has 0 radical (unpaired) electrons. The Balaban J connectivity index is 1.51. The van der Waals surface area contributed by atoms with Gasteiger partial charge in [-0.3, -0.25) is 9.52 Å². The summed E-state index contributed by atoms with van der Waals surface area (Å²) in [6.45, 7) is 2.02. The largest absolute Gasteiger partial charge is 0.487 e. The molecule has 10 heteroatoms. The van der Waals surface area contributed by atoms with Gasteiger partial charge in [0.15, 0.2) is 0 Å². The van der Waals surface area contributed by atoms with Crippen molar-refractivity contribution < 1.29 is 32.5 Å². The van der Waals surface area contributed by atoms with Crippen LogP contribution >= 0.6 is 0 Å². The fourth-order valence-electron chi connectivity index (χ4n) is 4.30. The van der Waals surface area contributed by atoms with E-state index in [9.17, 15) is 18.3 Å². The summed E-state index contributed by atoms with van der Waals surface area (Å²) in [5.41, 5.74) is 1.33. The van der Waals surface area contributed by atoms with Gasteiger partial charge in [0, 0.05) is 30.3 Å². The van der Waals surface area contributed by atoms with Gasteiger partial charge in [-0.05, 0) is 24.6 Å². The number of benzene rings is 1. The number of fused-ring (bicyclic) bond motifs is 3. The second kappa shape index (κ2) is 8.10. The zero-order valence-corrected chi connectivity index (χ0v) is 17.1. The molecule has 0 bridgehead atoms. The number of carbonyl (C=O) groups is 1.